The molecule has 0 amide bonds. The number of ether oxygens (including phenoxy) is 1. The molecule has 0 aliphatic heterocycles. The van der Waals surface area contributed by atoms with Crippen molar-refractivity contribution < 1.29 is 25.2 Å². The van der Waals surface area contributed by atoms with Gasteiger partial charge in [-0.15, -0.1) is 0 Å². The van der Waals surface area contributed by atoms with Gasteiger partial charge >= 0.3 is 0 Å². The van der Waals surface area contributed by atoms with Crippen LogP contribution >= 0.6 is 0 Å². The van der Waals surface area contributed by atoms with Gasteiger partial charge < -0.3 is 29.7 Å². The molecule has 0 saturated carbocycles. The van der Waals surface area contributed by atoms with Crippen molar-refractivity contribution in [1.29, 1.82) is 0 Å². The van der Waals surface area contributed by atoms with Crippen molar-refractivity contribution in [3.05, 3.63) is 65.9 Å². The lowest BCUT2D eigenvalue weighted by Crippen LogP contribution is -2.21. The highest BCUT2D eigenvalue weighted by Gasteiger charge is 2.14. The summed E-state index contributed by atoms with van der Waals surface area (Å²) >= 11 is 0. The number of aromatic nitrogens is 1. The second-order valence-corrected chi connectivity index (χ2v) is 6.59. The summed E-state index contributed by atoms with van der Waals surface area (Å²) in [6.07, 6.45) is 0.876. The zero-order valence-electron chi connectivity index (χ0n) is 15.0. The summed E-state index contributed by atoms with van der Waals surface area (Å²) in [6, 6.07) is 15.5. The Hall–Kier alpha value is -2.38. The van der Waals surface area contributed by atoms with Crippen molar-refractivity contribution in [2.24, 2.45) is 0 Å². The van der Waals surface area contributed by atoms with Gasteiger partial charge in [0, 0.05) is 23.5 Å². The van der Waals surface area contributed by atoms with Gasteiger partial charge in [-0.05, 0) is 23.3 Å². The molecule has 3 rings (SSSR count). The molecule has 0 bridgehead atoms. The molecule has 0 aliphatic rings. The van der Waals surface area contributed by atoms with Crippen LogP contribution in [0.3, 0.4) is 0 Å². The summed E-state index contributed by atoms with van der Waals surface area (Å²) in [4.78, 5) is 0. The standard InChI is InChI=1S/C21H25NO5/c23-12-17(25)11-22-10-16(19-6-2-3-7-20(19)22)9-15-5-1-4-8-21(15)27-14-18(26)13-24/h1-8,10,17-18,23-26H,9,11-14H2. The highest BCUT2D eigenvalue weighted by Crippen LogP contribution is 2.28. The molecule has 2 aromatic carbocycles. The Morgan fingerprint density at radius 1 is 0.852 bits per heavy atom. The minimum atomic E-state index is -0.917. The lowest BCUT2D eigenvalue weighted by Gasteiger charge is -2.13. The SMILES string of the molecule is OCC(O)COc1ccccc1Cc1cn(CC(O)CO)c2ccccc12. The molecular weight excluding hydrogens is 346 g/mol. The number of rotatable bonds is 9. The summed E-state index contributed by atoms with van der Waals surface area (Å²) < 4.78 is 7.62. The van der Waals surface area contributed by atoms with Crippen LogP contribution in [0.5, 0.6) is 5.75 Å². The van der Waals surface area contributed by atoms with Crippen LogP contribution in [0.2, 0.25) is 0 Å². The van der Waals surface area contributed by atoms with Gasteiger partial charge in [0.25, 0.3) is 0 Å². The van der Waals surface area contributed by atoms with Crippen LogP contribution in [0.1, 0.15) is 11.1 Å². The lowest BCUT2D eigenvalue weighted by atomic mass is 10.0. The highest BCUT2D eigenvalue weighted by molar-refractivity contribution is 5.84. The number of hydrogen-bond acceptors (Lipinski definition) is 5. The van der Waals surface area contributed by atoms with Gasteiger partial charge in [0.05, 0.1) is 25.9 Å². The molecule has 0 aliphatic carbocycles. The number of para-hydroxylation sites is 2. The first-order valence-corrected chi connectivity index (χ1v) is 8.97. The van der Waals surface area contributed by atoms with Crippen LogP contribution in [0.15, 0.2) is 54.7 Å². The van der Waals surface area contributed by atoms with E-state index >= 15 is 0 Å². The largest absolute Gasteiger partial charge is 0.491 e. The molecule has 6 nitrogen and oxygen atoms in total. The van der Waals surface area contributed by atoms with Gasteiger partial charge in [-0.3, -0.25) is 0 Å². The molecule has 144 valence electrons. The molecule has 2 atom stereocenters. The molecule has 0 radical (unpaired) electrons. The first-order chi connectivity index (χ1) is 13.1. The Morgan fingerprint density at radius 2 is 1.56 bits per heavy atom. The summed E-state index contributed by atoms with van der Waals surface area (Å²) in [6.45, 7) is -0.287. The van der Waals surface area contributed by atoms with Gasteiger partial charge in [0.1, 0.15) is 18.5 Å². The fraction of sp³-hybridized carbons (Fsp3) is 0.333. The zero-order valence-corrected chi connectivity index (χ0v) is 15.0. The smallest absolute Gasteiger partial charge is 0.122 e. The minimum absolute atomic E-state index is 0.0258. The Morgan fingerprint density at radius 3 is 2.33 bits per heavy atom. The van der Waals surface area contributed by atoms with Crippen LogP contribution in [-0.4, -0.2) is 57.0 Å². The van der Waals surface area contributed by atoms with E-state index in [1.165, 1.54) is 0 Å². The number of aliphatic hydroxyl groups is 4. The third-order valence-electron chi connectivity index (χ3n) is 4.48. The Balaban J connectivity index is 1.89. The van der Waals surface area contributed by atoms with E-state index in [1.54, 1.807) is 0 Å². The third kappa shape index (κ3) is 4.67. The van der Waals surface area contributed by atoms with Crippen molar-refractivity contribution in [3.63, 3.8) is 0 Å². The Bertz CT molecular complexity index is 876. The number of aliphatic hydroxyl groups excluding tert-OH is 4. The van der Waals surface area contributed by atoms with E-state index in [4.69, 9.17) is 14.9 Å². The normalized spacial score (nSPS) is 13.6. The Labute approximate surface area is 157 Å². The fourth-order valence-corrected chi connectivity index (χ4v) is 3.13. The Kier molecular flexibility index (Phi) is 6.47. The molecule has 0 fully saturated rings. The second-order valence-electron chi connectivity index (χ2n) is 6.59. The summed E-state index contributed by atoms with van der Waals surface area (Å²) in [5, 5.41) is 38.5. The first-order valence-electron chi connectivity index (χ1n) is 8.97. The van der Waals surface area contributed by atoms with E-state index in [-0.39, 0.29) is 19.8 Å². The quantitative estimate of drug-likeness (QED) is 0.455. The monoisotopic (exact) mass is 371 g/mol. The first kappa shape index (κ1) is 19.4. The van der Waals surface area contributed by atoms with E-state index in [2.05, 4.69) is 0 Å². The molecule has 1 heterocycles. The summed E-state index contributed by atoms with van der Waals surface area (Å²) in [5.74, 6) is 0.664. The molecule has 2 unspecified atom stereocenters. The van der Waals surface area contributed by atoms with E-state index in [0.717, 1.165) is 22.0 Å². The highest BCUT2D eigenvalue weighted by atomic mass is 16.5. The molecule has 1 aromatic heterocycles. The molecule has 0 saturated heterocycles. The topological polar surface area (TPSA) is 95.1 Å². The van der Waals surface area contributed by atoms with Gasteiger partial charge in [-0.1, -0.05) is 36.4 Å². The van der Waals surface area contributed by atoms with E-state index in [0.29, 0.717) is 18.7 Å². The molecular formula is C21H25NO5. The molecule has 6 heteroatoms. The van der Waals surface area contributed by atoms with Gasteiger partial charge in [-0.2, -0.15) is 0 Å². The van der Waals surface area contributed by atoms with Crippen molar-refractivity contribution in [2.45, 2.75) is 25.2 Å². The zero-order chi connectivity index (χ0) is 19.2. The van der Waals surface area contributed by atoms with Crippen LogP contribution in [0.25, 0.3) is 10.9 Å². The molecule has 4 N–H and O–H groups in total. The van der Waals surface area contributed by atoms with Gasteiger partial charge in [-0.25, -0.2) is 0 Å². The minimum Gasteiger partial charge on any atom is -0.491 e. The van der Waals surface area contributed by atoms with Gasteiger partial charge in [0.2, 0.25) is 0 Å². The van der Waals surface area contributed by atoms with Crippen LogP contribution < -0.4 is 4.74 Å². The number of fused-ring (bicyclic) bond motifs is 1. The predicted molar refractivity (Wildman–Crippen MR) is 103 cm³/mol. The third-order valence-corrected chi connectivity index (χ3v) is 4.48. The van der Waals surface area contributed by atoms with E-state index < -0.39 is 12.2 Å². The van der Waals surface area contributed by atoms with Crippen LogP contribution in [0.4, 0.5) is 0 Å². The molecule has 27 heavy (non-hydrogen) atoms. The van der Waals surface area contributed by atoms with E-state index in [9.17, 15) is 10.2 Å². The number of benzene rings is 2. The average Bonchev–Trinajstić information content (AvgIpc) is 3.04. The second kappa shape index (κ2) is 9.01. The van der Waals surface area contributed by atoms with Crippen LogP contribution in [-0.2, 0) is 13.0 Å². The molecule has 3 aromatic rings. The summed E-state index contributed by atoms with van der Waals surface area (Å²) in [5.41, 5.74) is 3.04. The van der Waals surface area contributed by atoms with Crippen LogP contribution in [0, 0.1) is 0 Å². The maximum Gasteiger partial charge on any atom is 0.122 e. The maximum absolute atomic E-state index is 9.82. The maximum atomic E-state index is 9.82. The van der Waals surface area contributed by atoms with Crippen molar-refractivity contribution >= 4 is 10.9 Å². The summed E-state index contributed by atoms with van der Waals surface area (Å²) in [7, 11) is 0. The predicted octanol–water partition coefficient (Wildman–Crippen LogP) is 1.32. The van der Waals surface area contributed by atoms with E-state index in [1.807, 2.05) is 59.3 Å². The molecule has 0 spiro atoms. The van der Waals surface area contributed by atoms with Crippen molar-refractivity contribution in [3.8, 4) is 5.75 Å². The lowest BCUT2D eigenvalue weighted by molar-refractivity contribution is 0.0533. The van der Waals surface area contributed by atoms with Crippen molar-refractivity contribution in [2.75, 3.05) is 19.8 Å². The van der Waals surface area contributed by atoms with Gasteiger partial charge in [0.15, 0.2) is 0 Å². The average molecular weight is 371 g/mol. The van der Waals surface area contributed by atoms with Crippen molar-refractivity contribution in [1.82, 2.24) is 4.57 Å². The number of nitrogens with zero attached hydrogens (tertiary/aromatic N) is 1. The fourth-order valence-electron chi connectivity index (χ4n) is 3.13. The number of hydrogen-bond donors (Lipinski definition) is 4.